The highest BCUT2D eigenvalue weighted by atomic mass is 127. The SMILES string of the molecule is COc1cc(/C=C2\C(=O)NC(=S)N(c3cccc(Cl)c3Cl)C2=O)cc(I)c1OC. The van der Waals surface area contributed by atoms with Crippen molar-refractivity contribution in [3.8, 4) is 11.5 Å². The second kappa shape index (κ2) is 8.86. The number of nitrogens with one attached hydrogen (secondary N) is 1. The first-order valence-electron chi connectivity index (χ1n) is 8.05. The van der Waals surface area contributed by atoms with E-state index in [2.05, 4.69) is 27.9 Å². The third-order valence-corrected chi connectivity index (χ3v) is 5.94. The number of hydrogen-bond acceptors (Lipinski definition) is 5. The summed E-state index contributed by atoms with van der Waals surface area (Å²) in [6.07, 6.45) is 1.45. The standard InChI is InChI=1S/C19H13Cl2IN2O4S/c1-27-14-8-9(7-12(22)16(14)28-2)6-10-17(25)23-19(29)24(18(10)26)13-5-3-4-11(20)15(13)21/h3-8H,1-2H3,(H,23,25,29)/b10-6+. The van der Waals surface area contributed by atoms with Crippen molar-refractivity contribution in [3.63, 3.8) is 0 Å². The van der Waals surface area contributed by atoms with Crippen LogP contribution in [0.2, 0.25) is 10.0 Å². The second-order valence-corrected chi connectivity index (χ2v) is 8.10. The van der Waals surface area contributed by atoms with Gasteiger partial charge in [-0.25, -0.2) is 0 Å². The van der Waals surface area contributed by atoms with Crippen molar-refractivity contribution in [3.05, 3.63) is 55.1 Å². The van der Waals surface area contributed by atoms with Gasteiger partial charge in [0.15, 0.2) is 16.6 Å². The molecule has 0 saturated carbocycles. The van der Waals surface area contributed by atoms with Gasteiger partial charge in [0.25, 0.3) is 11.8 Å². The average molecular weight is 563 g/mol. The van der Waals surface area contributed by atoms with Crippen molar-refractivity contribution in [1.29, 1.82) is 0 Å². The summed E-state index contributed by atoms with van der Waals surface area (Å²) in [4.78, 5) is 26.7. The van der Waals surface area contributed by atoms with E-state index >= 15 is 0 Å². The van der Waals surface area contributed by atoms with Crippen LogP contribution >= 0.6 is 58.0 Å². The second-order valence-electron chi connectivity index (χ2n) is 5.77. The minimum Gasteiger partial charge on any atom is -0.493 e. The molecule has 0 atom stereocenters. The molecule has 1 aliphatic rings. The lowest BCUT2D eigenvalue weighted by atomic mass is 10.1. The molecule has 1 N–H and O–H groups in total. The zero-order valence-corrected chi connectivity index (χ0v) is 19.6. The number of carbonyl (C=O) groups excluding carboxylic acids is 2. The Morgan fingerprint density at radius 2 is 1.90 bits per heavy atom. The number of rotatable bonds is 4. The van der Waals surface area contributed by atoms with Gasteiger partial charge < -0.3 is 9.47 Å². The molecule has 6 nitrogen and oxygen atoms in total. The zero-order valence-electron chi connectivity index (χ0n) is 15.1. The van der Waals surface area contributed by atoms with E-state index in [4.69, 9.17) is 44.9 Å². The van der Waals surface area contributed by atoms with E-state index in [0.717, 1.165) is 8.47 Å². The average Bonchev–Trinajstić information content (AvgIpc) is 2.67. The molecule has 2 amide bonds. The number of methoxy groups -OCH3 is 2. The molecule has 1 fully saturated rings. The first-order chi connectivity index (χ1) is 13.8. The summed E-state index contributed by atoms with van der Waals surface area (Å²) < 4.78 is 11.4. The Morgan fingerprint density at radius 1 is 1.17 bits per heavy atom. The quantitative estimate of drug-likeness (QED) is 0.258. The molecule has 0 radical (unpaired) electrons. The summed E-state index contributed by atoms with van der Waals surface area (Å²) in [6, 6.07) is 8.24. The molecule has 1 heterocycles. The molecular weight excluding hydrogens is 550 g/mol. The molecule has 2 aromatic carbocycles. The fourth-order valence-electron chi connectivity index (χ4n) is 2.73. The molecule has 0 unspecified atom stereocenters. The maximum absolute atomic E-state index is 13.1. The largest absolute Gasteiger partial charge is 0.493 e. The summed E-state index contributed by atoms with van der Waals surface area (Å²) in [5, 5.41) is 2.84. The number of ether oxygens (including phenoxy) is 2. The monoisotopic (exact) mass is 562 g/mol. The molecule has 2 aromatic rings. The molecule has 29 heavy (non-hydrogen) atoms. The normalized spacial score (nSPS) is 15.6. The highest BCUT2D eigenvalue weighted by molar-refractivity contribution is 14.1. The molecule has 0 aliphatic carbocycles. The lowest BCUT2D eigenvalue weighted by Crippen LogP contribution is -2.54. The predicted molar refractivity (Wildman–Crippen MR) is 125 cm³/mol. The number of hydrogen-bond donors (Lipinski definition) is 1. The van der Waals surface area contributed by atoms with Gasteiger partial charge in [0.1, 0.15) is 5.57 Å². The Labute approximate surface area is 195 Å². The van der Waals surface area contributed by atoms with E-state index in [-0.39, 0.29) is 26.4 Å². The van der Waals surface area contributed by atoms with Crippen molar-refractivity contribution in [2.24, 2.45) is 0 Å². The Hall–Kier alpha value is -1.88. The van der Waals surface area contributed by atoms with E-state index in [1.165, 1.54) is 20.3 Å². The fourth-order valence-corrected chi connectivity index (χ4v) is 4.23. The highest BCUT2D eigenvalue weighted by Gasteiger charge is 2.35. The topological polar surface area (TPSA) is 67.9 Å². The van der Waals surface area contributed by atoms with Crippen molar-refractivity contribution < 1.29 is 19.1 Å². The highest BCUT2D eigenvalue weighted by Crippen LogP contribution is 2.36. The van der Waals surface area contributed by atoms with E-state index < -0.39 is 11.8 Å². The predicted octanol–water partition coefficient (Wildman–Crippen LogP) is 4.45. The molecule has 0 spiro atoms. The summed E-state index contributed by atoms with van der Waals surface area (Å²) >= 11 is 19.6. The molecule has 1 aliphatic heterocycles. The van der Waals surface area contributed by atoms with Crippen LogP contribution in [0.3, 0.4) is 0 Å². The van der Waals surface area contributed by atoms with Gasteiger partial charge in [-0.1, -0.05) is 29.3 Å². The lowest BCUT2D eigenvalue weighted by Gasteiger charge is -2.29. The summed E-state index contributed by atoms with van der Waals surface area (Å²) in [5.74, 6) is -0.199. The van der Waals surface area contributed by atoms with Crippen LogP contribution in [0.4, 0.5) is 5.69 Å². The van der Waals surface area contributed by atoms with Gasteiger partial charge in [0, 0.05) is 0 Å². The summed E-state index contributed by atoms with van der Waals surface area (Å²) in [5.41, 5.74) is 0.745. The number of thiocarbonyl (C=S) groups is 1. The van der Waals surface area contributed by atoms with Crippen molar-refractivity contribution in [2.75, 3.05) is 19.1 Å². The number of nitrogens with zero attached hydrogens (tertiary/aromatic N) is 1. The number of halogens is 3. The first kappa shape index (κ1) is 21.8. The van der Waals surface area contributed by atoms with Crippen LogP contribution in [0.25, 0.3) is 6.08 Å². The lowest BCUT2D eigenvalue weighted by molar-refractivity contribution is -0.122. The molecule has 3 rings (SSSR count). The third-order valence-electron chi connectivity index (χ3n) is 4.04. The van der Waals surface area contributed by atoms with Gasteiger partial charge in [-0.3, -0.25) is 19.8 Å². The van der Waals surface area contributed by atoms with E-state index in [1.54, 1.807) is 30.3 Å². The molecule has 0 bridgehead atoms. The van der Waals surface area contributed by atoms with Gasteiger partial charge in [0.05, 0.1) is 33.5 Å². The van der Waals surface area contributed by atoms with E-state index in [9.17, 15) is 9.59 Å². The van der Waals surface area contributed by atoms with Crippen LogP contribution in [-0.4, -0.2) is 31.1 Å². The van der Waals surface area contributed by atoms with Crippen LogP contribution < -0.4 is 19.7 Å². The van der Waals surface area contributed by atoms with Crippen molar-refractivity contribution >= 4 is 86.7 Å². The Morgan fingerprint density at radius 3 is 2.55 bits per heavy atom. The molecule has 150 valence electrons. The molecule has 1 saturated heterocycles. The number of anilines is 1. The van der Waals surface area contributed by atoms with E-state index in [0.29, 0.717) is 17.1 Å². The Balaban J connectivity index is 2.09. The van der Waals surface area contributed by atoms with Crippen molar-refractivity contribution in [2.45, 2.75) is 0 Å². The van der Waals surface area contributed by atoms with Gasteiger partial charge in [0.2, 0.25) is 0 Å². The van der Waals surface area contributed by atoms with Gasteiger partial charge in [-0.2, -0.15) is 0 Å². The van der Waals surface area contributed by atoms with Crippen molar-refractivity contribution in [1.82, 2.24) is 5.32 Å². The number of amides is 2. The third kappa shape index (κ3) is 4.20. The maximum atomic E-state index is 13.1. The Bertz CT molecular complexity index is 1070. The zero-order chi connectivity index (χ0) is 21.3. The number of carbonyl (C=O) groups is 2. The van der Waals surface area contributed by atoms with Gasteiger partial charge in [-0.15, -0.1) is 0 Å². The maximum Gasteiger partial charge on any atom is 0.270 e. The molecule has 0 aromatic heterocycles. The fraction of sp³-hybridized carbons (Fsp3) is 0.105. The molecular formula is C19H13Cl2IN2O4S. The van der Waals surface area contributed by atoms with Crippen LogP contribution in [0.5, 0.6) is 11.5 Å². The minimum atomic E-state index is -0.618. The Kier molecular flexibility index (Phi) is 6.67. The van der Waals surface area contributed by atoms with Gasteiger partial charge in [-0.05, 0) is 70.7 Å². The van der Waals surface area contributed by atoms with Crippen LogP contribution in [0, 0.1) is 3.57 Å². The van der Waals surface area contributed by atoms with E-state index in [1.807, 2.05) is 0 Å². The van der Waals surface area contributed by atoms with Crippen LogP contribution in [-0.2, 0) is 9.59 Å². The van der Waals surface area contributed by atoms with Crippen LogP contribution in [0.1, 0.15) is 5.56 Å². The van der Waals surface area contributed by atoms with Crippen LogP contribution in [0.15, 0.2) is 35.9 Å². The summed E-state index contributed by atoms with van der Waals surface area (Å²) in [7, 11) is 3.04. The number of benzene rings is 2. The van der Waals surface area contributed by atoms with Gasteiger partial charge >= 0.3 is 0 Å². The smallest absolute Gasteiger partial charge is 0.270 e. The molecule has 10 heteroatoms. The first-order valence-corrected chi connectivity index (χ1v) is 10.3. The minimum absolute atomic E-state index is 0.0804. The summed E-state index contributed by atoms with van der Waals surface area (Å²) in [6.45, 7) is 0.